The van der Waals surface area contributed by atoms with Gasteiger partial charge in [0.05, 0.1) is 21.3 Å². The molecule has 3 rings (SSSR count). The van der Waals surface area contributed by atoms with Crippen molar-refractivity contribution in [2.24, 2.45) is 10.9 Å². The van der Waals surface area contributed by atoms with Gasteiger partial charge in [0.25, 0.3) is 0 Å². The number of nitrogens with one attached hydrogen (secondary N) is 1. The second-order valence-electron chi connectivity index (χ2n) is 7.76. The van der Waals surface area contributed by atoms with E-state index >= 15 is 0 Å². The van der Waals surface area contributed by atoms with Crippen LogP contribution >= 0.6 is 0 Å². The maximum Gasteiger partial charge on any atom is 0.203 e. The van der Waals surface area contributed by atoms with Gasteiger partial charge in [-0.15, -0.1) is 0 Å². The van der Waals surface area contributed by atoms with Crippen LogP contribution in [0.25, 0.3) is 0 Å². The first-order chi connectivity index (χ1) is 14.2. The molecule has 1 aromatic rings. The van der Waals surface area contributed by atoms with Gasteiger partial charge in [0.2, 0.25) is 5.75 Å². The molecule has 1 N–H and O–H groups in total. The lowest BCUT2D eigenvalue weighted by molar-refractivity contribution is 0.172. The van der Waals surface area contributed by atoms with E-state index in [1.807, 2.05) is 12.1 Å². The average Bonchev–Trinajstić information content (AvgIpc) is 3.57. The van der Waals surface area contributed by atoms with Gasteiger partial charge in [-0.3, -0.25) is 9.89 Å². The molecule has 1 aliphatic heterocycles. The number of rotatable bonds is 9. The molecule has 1 saturated heterocycles. The topological polar surface area (TPSA) is 58.6 Å². The van der Waals surface area contributed by atoms with E-state index < -0.39 is 0 Å². The van der Waals surface area contributed by atoms with Crippen molar-refractivity contribution in [2.45, 2.75) is 32.7 Å². The van der Waals surface area contributed by atoms with Crippen molar-refractivity contribution < 1.29 is 14.2 Å². The largest absolute Gasteiger partial charge is 0.493 e. The van der Waals surface area contributed by atoms with Crippen LogP contribution in [0.15, 0.2) is 17.1 Å². The Labute approximate surface area is 175 Å². The standard InChI is InChI=1S/C22H36N4O3/c1-5-23-22(24-9-8-17-6-7-17)26-12-10-25(11-13-26)16-18-14-19(27-2)21(29-4)20(15-18)28-3/h14-15,17H,5-13,16H2,1-4H3,(H,23,24). The zero-order valence-corrected chi connectivity index (χ0v) is 18.4. The number of guanidine groups is 1. The lowest BCUT2D eigenvalue weighted by atomic mass is 10.1. The Morgan fingerprint density at radius 1 is 1.03 bits per heavy atom. The fourth-order valence-corrected chi connectivity index (χ4v) is 3.79. The molecule has 29 heavy (non-hydrogen) atoms. The van der Waals surface area contributed by atoms with Crippen LogP contribution in [0.4, 0.5) is 0 Å². The molecule has 7 nitrogen and oxygen atoms in total. The summed E-state index contributed by atoms with van der Waals surface area (Å²) >= 11 is 0. The predicted molar refractivity (Wildman–Crippen MR) is 116 cm³/mol. The van der Waals surface area contributed by atoms with Gasteiger partial charge in [-0.1, -0.05) is 12.8 Å². The fourth-order valence-electron chi connectivity index (χ4n) is 3.79. The molecule has 0 bridgehead atoms. The van der Waals surface area contributed by atoms with Gasteiger partial charge in [0.1, 0.15) is 0 Å². The van der Waals surface area contributed by atoms with E-state index in [0.29, 0.717) is 17.2 Å². The number of methoxy groups -OCH3 is 3. The summed E-state index contributed by atoms with van der Waals surface area (Å²) in [6.45, 7) is 8.83. The summed E-state index contributed by atoms with van der Waals surface area (Å²) < 4.78 is 16.4. The number of hydrogen-bond donors (Lipinski definition) is 1. The highest BCUT2D eigenvalue weighted by molar-refractivity contribution is 5.80. The lowest BCUT2D eigenvalue weighted by Gasteiger charge is -2.36. The summed E-state index contributed by atoms with van der Waals surface area (Å²) in [4.78, 5) is 9.71. The Hall–Kier alpha value is -2.15. The SMILES string of the molecule is CCNC(=NCCC1CC1)N1CCN(Cc2cc(OC)c(OC)c(OC)c2)CC1. The molecule has 0 amide bonds. The molecule has 1 aromatic carbocycles. The minimum atomic E-state index is 0.640. The van der Waals surface area contributed by atoms with Gasteiger partial charge in [-0.05, 0) is 37.0 Å². The predicted octanol–water partition coefficient (Wildman–Crippen LogP) is 2.60. The molecule has 1 aliphatic carbocycles. The smallest absolute Gasteiger partial charge is 0.203 e. The molecule has 0 radical (unpaired) electrons. The second-order valence-corrected chi connectivity index (χ2v) is 7.76. The minimum Gasteiger partial charge on any atom is -0.493 e. The van der Waals surface area contributed by atoms with Gasteiger partial charge in [0.15, 0.2) is 17.5 Å². The molecule has 1 saturated carbocycles. The molecule has 0 spiro atoms. The van der Waals surface area contributed by atoms with E-state index in [9.17, 15) is 0 Å². The van der Waals surface area contributed by atoms with Gasteiger partial charge in [-0.25, -0.2) is 0 Å². The third-order valence-corrected chi connectivity index (χ3v) is 5.63. The van der Waals surface area contributed by atoms with Crippen LogP contribution in [0.1, 0.15) is 31.7 Å². The average molecular weight is 405 g/mol. The number of piperazine rings is 1. The molecule has 7 heteroatoms. The van der Waals surface area contributed by atoms with E-state index in [1.54, 1.807) is 21.3 Å². The van der Waals surface area contributed by atoms with Crippen LogP contribution in [0, 0.1) is 5.92 Å². The van der Waals surface area contributed by atoms with Crippen molar-refractivity contribution in [3.8, 4) is 17.2 Å². The van der Waals surface area contributed by atoms with Crippen molar-refractivity contribution in [3.05, 3.63) is 17.7 Å². The normalized spacial score (nSPS) is 17.9. The Kier molecular flexibility index (Phi) is 7.86. The highest BCUT2D eigenvalue weighted by Gasteiger charge is 2.23. The molecular weight excluding hydrogens is 368 g/mol. The molecule has 0 atom stereocenters. The second kappa shape index (κ2) is 10.6. The molecule has 0 aromatic heterocycles. The number of ether oxygens (including phenoxy) is 3. The molecule has 162 valence electrons. The maximum atomic E-state index is 5.49. The van der Waals surface area contributed by atoms with Gasteiger partial charge < -0.3 is 24.4 Å². The zero-order chi connectivity index (χ0) is 20.6. The van der Waals surface area contributed by atoms with Crippen LogP contribution < -0.4 is 19.5 Å². The quantitative estimate of drug-likeness (QED) is 0.504. The summed E-state index contributed by atoms with van der Waals surface area (Å²) in [5.74, 6) is 4.05. The van der Waals surface area contributed by atoms with Crippen molar-refractivity contribution in [1.29, 1.82) is 0 Å². The van der Waals surface area contributed by atoms with Crippen LogP contribution in [0.2, 0.25) is 0 Å². The summed E-state index contributed by atoms with van der Waals surface area (Å²) in [5, 5.41) is 3.46. The number of aliphatic imine (C=N–C) groups is 1. The highest BCUT2D eigenvalue weighted by atomic mass is 16.5. The number of hydrogen-bond acceptors (Lipinski definition) is 5. The van der Waals surface area contributed by atoms with Crippen LogP contribution in [-0.4, -0.2) is 76.4 Å². The first-order valence-electron chi connectivity index (χ1n) is 10.7. The van der Waals surface area contributed by atoms with E-state index in [1.165, 1.54) is 19.3 Å². The monoisotopic (exact) mass is 404 g/mol. The van der Waals surface area contributed by atoms with Gasteiger partial charge >= 0.3 is 0 Å². The highest BCUT2D eigenvalue weighted by Crippen LogP contribution is 2.38. The fraction of sp³-hybridized carbons (Fsp3) is 0.682. The summed E-state index contributed by atoms with van der Waals surface area (Å²) in [7, 11) is 4.95. The van der Waals surface area contributed by atoms with Crippen LogP contribution in [0.3, 0.4) is 0 Å². The molecule has 2 aliphatic rings. The van der Waals surface area contributed by atoms with E-state index in [4.69, 9.17) is 19.2 Å². The zero-order valence-electron chi connectivity index (χ0n) is 18.4. The Bertz CT molecular complexity index is 658. The summed E-state index contributed by atoms with van der Waals surface area (Å²) in [6, 6.07) is 4.08. The van der Waals surface area contributed by atoms with E-state index in [0.717, 1.165) is 63.3 Å². The van der Waals surface area contributed by atoms with Gasteiger partial charge in [0, 0.05) is 45.8 Å². The van der Waals surface area contributed by atoms with Crippen LogP contribution in [0.5, 0.6) is 17.2 Å². The van der Waals surface area contributed by atoms with Crippen LogP contribution in [-0.2, 0) is 6.54 Å². The summed E-state index contributed by atoms with van der Waals surface area (Å²) in [6.07, 6.45) is 4.02. The minimum absolute atomic E-state index is 0.640. The Balaban J connectivity index is 1.57. The van der Waals surface area contributed by atoms with Gasteiger partial charge in [-0.2, -0.15) is 0 Å². The third kappa shape index (κ3) is 5.92. The first kappa shape index (κ1) is 21.6. The summed E-state index contributed by atoms with van der Waals surface area (Å²) in [5.41, 5.74) is 1.16. The number of benzene rings is 1. The Morgan fingerprint density at radius 3 is 2.21 bits per heavy atom. The van der Waals surface area contributed by atoms with Crippen molar-refractivity contribution in [1.82, 2.24) is 15.1 Å². The van der Waals surface area contributed by atoms with E-state index in [-0.39, 0.29) is 0 Å². The Morgan fingerprint density at radius 2 is 1.69 bits per heavy atom. The number of nitrogens with zero attached hydrogens (tertiary/aromatic N) is 3. The van der Waals surface area contributed by atoms with Crippen molar-refractivity contribution in [3.63, 3.8) is 0 Å². The van der Waals surface area contributed by atoms with E-state index in [2.05, 4.69) is 22.0 Å². The lowest BCUT2D eigenvalue weighted by Crippen LogP contribution is -2.52. The third-order valence-electron chi connectivity index (χ3n) is 5.63. The molecular formula is C22H36N4O3. The molecule has 0 unspecified atom stereocenters. The van der Waals surface area contributed by atoms with Crippen molar-refractivity contribution >= 4 is 5.96 Å². The molecule has 2 fully saturated rings. The molecule has 1 heterocycles. The first-order valence-corrected chi connectivity index (χ1v) is 10.7. The maximum absolute atomic E-state index is 5.49. The van der Waals surface area contributed by atoms with Crippen molar-refractivity contribution in [2.75, 3.05) is 60.6 Å².